The Labute approximate surface area is 166 Å². The van der Waals surface area contributed by atoms with Gasteiger partial charge in [-0.15, -0.1) is 0 Å². The van der Waals surface area contributed by atoms with Gasteiger partial charge in [0.15, 0.2) is 5.76 Å². The van der Waals surface area contributed by atoms with Crippen molar-refractivity contribution >= 4 is 36.2 Å². The Bertz CT molecular complexity index is 872. The predicted molar refractivity (Wildman–Crippen MR) is 98.4 cm³/mol. The van der Waals surface area contributed by atoms with E-state index < -0.39 is 23.7 Å². The van der Waals surface area contributed by atoms with Crippen LogP contribution in [0.15, 0.2) is 22.1 Å². The SMILES string of the molecule is CCOC(=O)CCC1(C)OC(=O)C(=CC=Cc2oc(=S)n(CC)c2O)C(=O)O1. The summed E-state index contributed by atoms with van der Waals surface area (Å²) < 4.78 is 21.7. The number of carbonyl (C=O) groups excluding carboxylic acids is 3. The van der Waals surface area contributed by atoms with E-state index >= 15 is 0 Å². The number of nitrogens with zero attached hydrogens (tertiary/aromatic N) is 1. The first-order valence-electron chi connectivity index (χ1n) is 8.64. The summed E-state index contributed by atoms with van der Waals surface area (Å²) in [6.45, 7) is 5.50. The molecule has 0 atom stereocenters. The van der Waals surface area contributed by atoms with Gasteiger partial charge >= 0.3 is 17.9 Å². The Morgan fingerprint density at radius 3 is 2.46 bits per heavy atom. The van der Waals surface area contributed by atoms with Gasteiger partial charge in [0.05, 0.1) is 13.0 Å². The molecule has 1 aromatic heterocycles. The van der Waals surface area contributed by atoms with E-state index in [9.17, 15) is 19.5 Å². The molecular formula is C18H21NO8S. The van der Waals surface area contributed by atoms with Gasteiger partial charge in [0.25, 0.3) is 10.6 Å². The zero-order valence-electron chi connectivity index (χ0n) is 15.7. The molecule has 28 heavy (non-hydrogen) atoms. The number of ether oxygens (including phenoxy) is 3. The first-order chi connectivity index (χ1) is 13.2. The van der Waals surface area contributed by atoms with Gasteiger partial charge in [-0.05, 0) is 38.2 Å². The largest absolute Gasteiger partial charge is 0.492 e. The summed E-state index contributed by atoms with van der Waals surface area (Å²) in [5.74, 6) is -3.88. The second-order valence-electron chi connectivity index (χ2n) is 5.96. The second-order valence-corrected chi connectivity index (χ2v) is 6.31. The fourth-order valence-corrected chi connectivity index (χ4v) is 2.75. The van der Waals surface area contributed by atoms with Crippen LogP contribution in [-0.4, -0.2) is 40.0 Å². The number of hydrogen-bond acceptors (Lipinski definition) is 9. The first kappa shape index (κ1) is 21.4. The molecule has 0 bridgehead atoms. The zero-order valence-corrected chi connectivity index (χ0v) is 16.5. The molecule has 2 rings (SSSR count). The van der Waals surface area contributed by atoms with Gasteiger partial charge in [0.2, 0.25) is 5.88 Å². The van der Waals surface area contributed by atoms with Gasteiger partial charge in [-0.25, -0.2) is 9.59 Å². The fourth-order valence-electron chi connectivity index (χ4n) is 2.44. The highest BCUT2D eigenvalue weighted by Gasteiger charge is 2.42. The van der Waals surface area contributed by atoms with Crippen molar-refractivity contribution < 1.29 is 38.1 Å². The van der Waals surface area contributed by atoms with Crippen LogP contribution in [0, 0.1) is 4.84 Å². The third-order valence-corrected chi connectivity index (χ3v) is 4.17. The molecule has 1 aliphatic rings. The van der Waals surface area contributed by atoms with Crippen LogP contribution < -0.4 is 0 Å². The van der Waals surface area contributed by atoms with E-state index in [-0.39, 0.29) is 41.5 Å². The molecule has 2 heterocycles. The van der Waals surface area contributed by atoms with E-state index in [1.165, 1.54) is 29.7 Å². The summed E-state index contributed by atoms with van der Waals surface area (Å²) in [4.78, 5) is 35.9. The maximum atomic E-state index is 12.2. The Balaban J connectivity index is 2.08. The van der Waals surface area contributed by atoms with Crippen molar-refractivity contribution in [2.24, 2.45) is 0 Å². The molecule has 0 amide bonds. The lowest BCUT2D eigenvalue weighted by Crippen LogP contribution is -2.44. The topological polar surface area (TPSA) is 117 Å². The van der Waals surface area contributed by atoms with Crippen molar-refractivity contribution in [1.82, 2.24) is 4.57 Å². The molecule has 9 nitrogen and oxygen atoms in total. The van der Waals surface area contributed by atoms with Crippen LogP contribution in [0.25, 0.3) is 6.08 Å². The number of hydrogen-bond donors (Lipinski definition) is 1. The lowest BCUT2D eigenvalue weighted by atomic mass is 10.1. The molecule has 1 aromatic rings. The minimum Gasteiger partial charge on any atom is -0.492 e. The van der Waals surface area contributed by atoms with E-state index in [1.807, 2.05) is 0 Å². The molecule has 1 aliphatic heterocycles. The minimum atomic E-state index is -1.55. The highest BCUT2D eigenvalue weighted by Crippen LogP contribution is 2.28. The van der Waals surface area contributed by atoms with Crippen LogP contribution in [0.1, 0.15) is 39.4 Å². The molecule has 0 saturated carbocycles. The normalized spacial score (nSPS) is 19.5. The van der Waals surface area contributed by atoms with E-state index in [4.69, 9.17) is 30.8 Å². The molecular weight excluding hydrogens is 390 g/mol. The van der Waals surface area contributed by atoms with Gasteiger partial charge in [0, 0.05) is 19.9 Å². The average molecular weight is 411 g/mol. The Hall–Kier alpha value is -2.88. The summed E-state index contributed by atoms with van der Waals surface area (Å²) in [5.41, 5.74) is -0.335. The molecule has 1 N–H and O–H groups in total. The van der Waals surface area contributed by atoms with Crippen LogP contribution in [0.2, 0.25) is 0 Å². The van der Waals surface area contributed by atoms with Crippen LogP contribution >= 0.6 is 12.2 Å². The number of allylic oxidation sites excluding steroid dienone is 2. The van der Waals surface area contributed by atoms with Crippen LogP contribution in [0.4, 0.5) is 0 Å². The van der Waals surface area contributed by atoms with Gasteiger partial charge in [0.1, 0.15) is 5.57 Å². The first-order valence-corrected chi connectivity index (χ1v) is 9.04. The number of rotatable bonds is 7. The van der Waals surface area contributed by atoms with Gasteiger partial charge in [-0.3, -0.25) is 9.36 Å². The summed E-state index contributed by atoms with van der Waals surface area (Å²) in [6.07, 6.45) is 3.76. The summed E-state index contributed by atoms with van der Waals surface area (Å²) in [5, 5.41) is 9.97. The van der Waals surface area contributed by atoms with E-state index in [0.717, 1.165) is 0 Å². The van der Waals surface area contributed by atoms with E-state index in [1.54, 1.807) is 13.8 Å². The lowest BCUT2D eigenvalue weighted by molar-refractivity contribution is -0.231. The van der Waals surface area contributed by atoms with E-state index in [2.05, 4.69) is 0 Å². The number of carbonyl (C=O) groups is 3. The third kappa shape index (κ3) is 4.89. The third-order valence-electron chi connectivity index (χ3n) is 3.87. The monoisotopic (exact) mass is 411 g/mol. The quantitative estimate of drug-likeness (QED) is 0.313. The molecule has 1 saturated heterocycles. The van der Waals surface area contributed by atoms with Crippen molar-refractivity contribution in [3.8, 4) is 5.88 Å². The summed E-state index contributed by atoms with van der Waals surface area (Å²) in [6, 6.07) is 0. The fraction of sp³-hybridized carbons (Fsp3) is 0.444. The number of esters is 3. The minimum absolute atomic E-state index is 0.0225. The number of aromatic hydroxyl groups is 1. The van der Waals surface area contributed by atoms with E-state index in [0.29, 0.717) is 6.54 Å². The highest BCUT2D eigenvalue weighted by atomic mass is 32.1. The number of cyclic esters (lactones) is 2. The maximum absolute atomic E-state index is 12.2. The number of oxazole rings is 1. The molecule has 0 aliphatic carbocycles. The lowest BCUT2D eigenvalue weighted by Gasteiger charge is -2.33. The molecule has 0 unspecified atom stereocenters. The van der Waals surface area contributed by atoms with Gasteiger partial charge in [-0.1, -0.05) is 6.08 Å². The smallest absolute Gasteiger partial charge is 0.348 e. The second kappa shape index (κ2) is 8.87. The van der Waals surface area contributed by atoms with Gasteiger partial charge in [-0.2, -0.15) is 0 Å². The molecule has 0 spiro atoms. The standard InChI is InChI=1S/C18H21NO8S/c1-4-19-14(21)12(25-17(19)28)8-6-7-11-15(22)26-18(3,27-16(11)23)10-9-13(20)24-5-2/h6-8,21H,4-5,9-10H2,1-3H3. The summed E-state index contributed by atoms with van der Waals surface area (Å²) in [7, 11) is 0. The maximum Gasteiger partial charge on any atom is 0.348 e. The van der Waals surface area contributed by atoms with Crippen LogP contribution in [0.5, 0.6) is 5.88 Å². The Kier molecular flexibility index (Phi) is 6.79. The van der Waals surface area contributed by atoms with Crippen LogP contribution in [-0.2, 0) is 35.1 Å². The van der Waals surface area contributed by atoms with Crippen molar-refractivity contribution in [2.45, 2.75) is 45.9 Å². The number of aromatic nitrogens is 1. The highest BCUT2D eigenvalue weighted by molar-refractivity contribution is 7.71. The van der Waals surface area contributed by atoms with Crippen molar-refractivity contribution in [2.75, 3.05) is 6.61 Å². The van der Waals surface area contributed by atoms with Crippen molar-refractivity contribution in [3.05, 3.63) is 28.3 Å². The van der Waals surface area contributed by atoms with Crippen molar-refractivity contribution in [3.63, 3.8) is 0 Å². The van der Waals surface area contributed by atoms with Gasteiger partial charge < -0.3 is 23.7 Å². The molecule has 0 aromatic carbocycles. The molecule has 1 fully saturated rings. The Morgan fingerprint density at radius 2 is 1.93 bits per heavy atom. The van der Waals surface area contributed by atoms with Crippen molar-refractivity contribution in [1.29, 1.82) is 0 Å². The molecule has 152 valence electrons. The molecule has 10 heteroatoms. The van der Waals surface area contributed by atoms with Crippen LogP contribution in [0.3, 0.4) is 0 Å². The zero-order chi connectivity index (χ0) is 20.9. The Morgan fingerprint density at radius 1 is 1.29 bits per heavy atom. The summed E-state index contributed by atoms with van der Waals surface area (Å²) >= 11 is 4.96. The average Bonchev–Trinajstić information content (AvgIpc) is 2.89. The predicted octanol–water partition coefficient (Wildman–Crippen LogP) is 2.64. The molecule has 0 radical (unpaired) electrons.